The maximum Gasteiger partial charge on any atom is 0.254 e. The van der Waals surface area contributed by atoms with Crippen LogP contribution in [0.4, 0.5) is 0 Å². The lowest BCUT2D eigenvalue weighted by atomic mass is 10.0. The monoisotopic (exact) mass is 376 g/mol. The molecule has 5 nitrogen and oxygen atoms in total. The zero-order valence-electron chi connectivity index (χ0n) is 16.3. The van der Waals surface area contributed by atoms with E-state index in [1.54, 1.807) is 10.9 Å². The fourth-order valence-electron chi connectivity index (χ4n) is 3.09. The average molecular weight is 377 g/mol. The molecular formula is C20H29ClN4O. The Labute approximate surface area is 161 Å². The molecule has 6 heteroatoms. The molecule has 1 heterocycles. The van der Waals surface area contributed by atoms with Gasteiger partial charge in [0, 0.05) is 24.2 Å². The van der Waals surface area contributed by atoms with Crippen molar-refractivity contribution in [1.29, 1.82) is 0 Å². The Morgan fingerprint density at radius 3 is 2.62 bits per heavy atom. The zero-order chi connectivity index (χ0) is 19.3. The molecule has 2 aromatic rings. The lowest BCUT2D eigenvalue weighted by molar-refractivity contribution is 0.0944. The first-order valence-corrected chi connectivity index (χ1v) is 9.59. The summed E-state index contributed by atoms with van der Waals surface area (Å²) in [4.78, 5) is 15.0. The summed E-state index contributed by atoms with van der Waals surface area (Å²) < 4.78 is 1.80. The van der Waals surface area contributed by atoms with E-state index >= 15 is 0 Å². The SMILES string of the molecule is CCN(CCNC(=O)c1cnn(-c2cccc(Cl)c2)c1C(C)C)C(C)C. The second-order valence-electron chi connectivity index (χ2n) is 6.97. The molecule has 1 N–H and O–H groups in total. The third kappa shape index (κ3) is 4.86. The van der Waals surface area contributed by atoms with Crippen LogP contribution in [0.15, 0.2) is 30.5 Å². The van der Waals surface area contributed by atoms with Crippen LogP contribution in [0.2, 0.25) is 5.02 Å². The molecule has 1 aromatic carbocycles. The van der Waals surface area contributed by atoms with Gasteiger partial charge in [-0.3, -0.25) is 9.69 Å². The molecule has 0 radical (unpaired) electrons. The third-order valence-corrected chi connectivity index (χ3v) is 4.71. The van der Waals surface area contributed by atoms with E-state index in [0.717, 1.165) is 24.5 Å². The summed E-state index contributed by atoms with van der Waals surface area (Å²) in [6.45, 7) is 13.0. The van der Waals surface area contributed by atoms with Crippen LogP contribution in [0.1, 0.15) is 56.6 Å². The van der Waals surface area contributed by atoms with Crippen molar-refractivity contribution in [2.75, 3.05) is 19.6 Å². The number of rotatable bonds is 8. The second-order valence-corrected chi connectivity index (χ2v) is 7.40. The van der Waals surface area contributed by atoms with Crippen LogP contribution in [-0.4, -0.2) is 46.3 Å². The van der Waals surface area contributed by atoms with Crippen LogP contribution in [0, 0.1) is 0 Å². The van der Waals surface area contributed by atoms with Crippen molar-refractivity contribution >= 4 is 17.5 Å². The molecule has 0 saturated carbocycles. The van der Waals surface area contributed by atoms with Gasteiger partial charge in [-0.1, -0.05) is 38.4 Å². The molecule has 2 rings (SSSR count). The van der Waals surface area contributed by atoms with E-state index in [9.17, 15) is 4.79 Å². The molecule has 26 heavy (non-hydrogen) atoms. The standard InChI is InChI=1S/C20H29ClN4O/c1-6-24(15(4)5)11-10-22-20(26)18-13-23-25(19(18)14(2)3)17-9-7-8-16(21)12-17/h7-9,12-15H,6,10-11H2,1-5H3,(H,22,26). The average Bonchev–Trinajstić information content (AvgIpc) is 3.03. The van der Waals surface area contributed by atoms with Gasteiger partial charge in [-0.25, -0.2) is 4.68 Å². The number of carbonyl (C=O) groups is 1. The topological polar surface area (TPSA) is 50.2 Å². The Bertz CT molecular complexity index is 739. The highest BCUT2D eigenvalue weighted by molar-refractivity contribution is 6.30. The maximum atomic E-state index is 12.7. The molecule has 0 fully saturated rings. The summed E-state index contributed by atoms with van der Waals surface area (Å²) in [7, 11) is 0. The van der Waals surface area contributed by atoms with Crippen LogP contribution in [0.5, 0.6) is 0 Å². The van der Waals surface area contributed by atoms with Gasteiger partial charge in [0.1, 0.15) is 0 Å². The van der Waals surface area contributed by atoms with Gasteiger partial charge in [0.2, 0.25) is 0 Å². The number of likely N-dealkylation sites (N-methyl/N-ethyl adjacent to an activating group) is 1. The van der Waals surface area contributed by atoms with Crippen LogP contribution in [0.3, 0.4) is 0 Å². The number of hydrogen-bond donors (Lipinski definition) is 1. The van der Waals surface area contributed by atoms with Crippen LogP contribution in [0.25, 0.3) is 5.69 Å². The van der Waals surface area contributed by atoms with E-state index in [2.05, 4.69) is 49.9 Å². The summed E-state index contributed by atoms with van der Waals surface area (Å²) in [6, 6.07) is 7.96. The number of benzene rings is 1. The highest BCUT2D eigenvalue weighted by Gasteiger charge is 2.21. The quantitative estimate of drug-likeness (QED) is 0.754. The van der Waals surface area contributed by atoms with Gasteiger partial charge in [0.25, 0.3) is 5.91 Å². The molecule has 0 aliphatic rings. The van der Waals surface area contributed by atoms with Gasteiger partial charge in [-0.2, -0.15) is 5.10 Å². The van der Waals surface area contributed by atoms with Crippen molar-refractivity contribution in [2.45, 2.75) is 46.6 Å². The van der Waals surface area contributed by atoms with Crippen molar-refractivity contribution in [2.24, 2.45) is 0 Å². The van der Waals surface area contributed by atoms with E-state index < -0.39 is 0 Å². The first-order chi connectivity index (χ1) is 12.3. The molecule has 0 aliphatic carbocycles. The Balaban J connectivity index is 2.18. The van der Waals surface area contributed by atoms with E-state index in [1.807, 2.05) is 24.3 Å². The van der Waals surface area contributed by atoms with Crippen molar-refractivity contribution < 1.29 is 4.79 Å². The summed E-state index contributed by atoms with van der Waals surface area (Å²) in [5, 5.41) is 8.12. The highest BCUT2D eigenvalue weighted by atomic mass is 35.5. The lowest BCUT2D eigenvalue weighted by Crippen LogP contribution is -2.38. The molecule has 0 spiro atoms. The largest absolute Gasteiger partial charge is 0.351 e. The van der Waals surface area contributed by atoms with Gasteiger partial charge < -0.3 is 5.32 Å². The van der Waals surface area contributed by atoms with Crippen LogP contribution in [-0.2, 0) is 0 Å². The number of hydrogen-bond acceptors (Lipinski definition) is 3. The molecule has 0 aliphatic heterocycles. The Kier molecular flexibility index (Phi) is 7.23. The smallest absolute Gasteiger partial charge is 0.254 e. The van der Waals surface area contributed by atoms with Crippen molar-refractivity contribution in [1.82, 2.24) is 20.0 Å². The number of nitrogens with one attached hydrogen (secondary N) is 1. The first kappa shape index (κ1) is 20.5. The minimum Gasteiger partial charge on any atom is -0.351 e. The lowest BCUT2D eigenvalue weighted by Gasteiger charge is -2.24. The highest BCUT2D eigenvalue weighted by Crippen LogP contribution is 2.24. The number of nitrogens with zero attached hydrogens (tertiary/aromatic N) is 3. The van der Waals surface area contributed by atoms with Crippen LogP contribution < -0.4 is 5.32 Å². The molecule has 1 amide bonds. The minimum atomic E-state index is -0.0817. The normalized spacial score (nSPS) is 11.6. The van der Waals surface area contributed by atoms with Gasteiger partial charge >= 0.3 is 0 Å². The van der Waals surface area contributed by atoms with Gasteiger partial charge in [0.15, 0.2) is 0 Å². The predicted molar refractivity (Wildman–Crippen MR) is 107 cm³/mol. The van der Waals surface area contributed by atoms with Crippen LogP contribution >= 0.6 is 11.6 Å². The molecule has 0 unspecified atom stereocenters. The first-order valence-electron chi connectivity index (χ1n) is 9.21. The number of carbonyl (C=O) groups excluding carboxylic acids is 1. The molecule has 0 atom stereocenters. The summed E-state index contributed by atoms with van der Waals surface area (Å²) in [5.41, 5.74) is 2.37. The summed E-state index contributed by atoms with van der Waals surface area (Å²) in [6.07, 6.45) is 1.64. The van der Waals surface area contributed by atoms with E-state index in [0.29, 0.717) is 23.2 Å². The number of halogens is 1. The minimum absolute atomic E-state index is 0.0817. The van der Waals surface area contributed by atoms with E-state index in [1.165, 1.54) is 0 Å². The van der Waals surface area contributed by atoms with Gasteiger partial charge in [-0.05, 0) is 44.5 Å². The zero-order valence-corrected chi connectivity index (χ0v) is 17.0. The molecule has 142 valence electrons. The van der Waals surface area contributed by atoms with Crippen molar-refractivity contribution in [3.63, 3.8) is 0 Å². The van der Waals surface area contributed by atoms with Gasteiger partial charge in [-0.15, -0.1) is 0 Å². The summed E-state index contributed by atoms with van der Waals surface area (Å²) >= 11 is 6.11. The van der Waals surface area contributed by atoms with Crippen molar-refractivity contribution in [3.8, 4) is 5.69 Å². The fourth-order valence-corrected chi connectivity index (χ4v) is 3.28. The number of amides is 1. The number of aromatic nitrogens is 2. The molecule has 0 saturated heterocycles. The van der Waals surface area contributed by atoms with E-state index in [-0.39, 0.29) is 11.8 Å². The van der Waals surface area contributed by atoms with Crippen molar-refractivity contribution in [3.05, 3.63) is 46.7 Å². The maximum absolute atomic E-state index is 12.7. The fraction of sp³-hybridized carbons (Fsp3) is 0.500. The molecule has 0 bridgehead atoms. The Morgan fingerprint density at radius 2 is 2.04 bits per heavy atom. The summed E-state index contributed by atoms with van der Waals surface area (Å²) in [5.74, 6) is 0.0711. The van der Waals surface area contributed by atoms with Gasteiger partial charge in [0.05, 0.1) is 23.1 Å². The predicted octanol–water partition coefficient (Wildman–Crippen LogP) is 4.11. The molecule has 1 aromatic heterocycles. The molecular weight excluding hydrogens is 348 g/mol. The third-order valence-electron chi connectivity index (χ3n) is 4.47. The Morgan fingerprint density at radius 1 is 1.31 bits per heavy atom. The second kappa shape index (κ2) is 9.19. The Hall–Kier alpha value is -1.85. The van der Waals surface area contributed by atoms with E-state index in [4.69, 9.17) is 11.6 Å².